The molecule has 5 heteroatoms. The largest absolute Gasteiger partial charge is 0.298 e. The van der Waals surface area contributed by atoms with Gasteiger partial charge in [-0.1, -0.05) is 6.92 Å². The number of carbonyl (C=O) groups excluding carboxylic acids is 1. The summed E-state index contributed by atoms with van der Waals surface area (Å²) in [5, 5.41) is 0. The van der Waals surface area contributed by atoms with Crippen molar-refractivity contribution in [3.63, 3.8) is 0 Å². The molecule has 0 radical (unpaired) electrons. The Labute approximate surface area is 94.5 Å². The molecule has 0 aliphatic carbocycles. The van der Waals surface area contributed by atoms with E-state index in [-0.39, 0.29) is 11.8 Å². The zero-order valence-electron chi connectivity index (χ0n) is 5.55. The third-order valence-electron chi connectivity index (χ3n) is 1.13. The number of hydrogen-bond acceptors (Lipinski definition) is 3. The van der Waals surface area contributed by atoms with Crippen molar-refractivity contribution in [3.05, 3.63) is 0 Å². The van der Waals surface area contributed by atoms with E-state index in [2.05, 4.69) is 58.4 Å². The third-order valence-corrected chi connectivity index (χ3v) is 2.82. The van der Waals surface area contributed by atoms with Crippen molar-refractivity contribution in [2.75, 3.05) is 5.75 Å². The highest BCUT2D eigenvalue weighted by Gasteiger charge is 2.18. The normalized spacial score (nSPS) is 13.7. The summed E-state index contributed by atoms with van der Waals surface area (Å²) < 4.78 is 1.84. The second-order valence-electron chi connectivity index (χ2n) is 1.78. The summed E-state index contributed by atoms with van der Waals surface area (Å²) in [6, 6.07) is -0.0328. The third kappa shape index (κ3) is 3.72. The van der Waals surface area contributed by atoms with Gasteiger partial charge >= 0.3 is 0 Å². The van der Waals surface area contributed by atoms with E-state index < -0.39 is 0 Å². The lowest BCUT2D eigenvalue weighted by atomic mass is 10.2. The number of ketones is 1. The van der Waals surface area contributed by atoms with Crippen molar-refractivity contribution in [1.82, 2.24) is 1.33 Å². The maximum absolute atomic E-state index is 11.1. The second-order valence-corrected chi connectivity index (χ2v) is 6.07. The van der Waals surface area contributed by atoms with Gasteiger partial charge in [-0.3, -0.25) is 4.79 Å². The Bertz CT molecular complexity index is 120. The maximum atomic E-state index is 11.1. The van der Waals surface area contributed by atoms with Gasteiger partial charge in [-0.2, -0.15) is 14.0 Å². The van der Waals surface area contributed by atoms with Crippen molar-refractivity contribution >= 4 is 64.1 Å². The summed E-state index contributed by atoms with van der Waals surface area (Å²) in [5.41, 5.74) is 0. The molecule has 0 saturated heterocycles. The minimum Gasteiger partial charge on any atom is -0.298 e. The molecule has 10 heavy (non-hydrogen) atoms. The molecule has 0 unspecified atom stereocenters. The molecule has 0 aliphatic heterocycles. The van der Waals surface area contributed by atoms with Gasteiger partial charge in [0.1, 0.15) is 0 Å². The number of halogens is 2. The van der Waals surface area contributed by atoms with Crippen molar-refractivity contribution in [2.45, 2.75) is 19.4 Å². The lowest BCUT2D eigenvalue weighted by Crippen LogP contribution is -2.29. The molecule has 0 saturated carbocycles. The maximum Gasteiger partial charge on any atom is 0.152 e. The molecule has 1 atom stereocenters. The van der Waals surface area contributed by atoms with Crippen LogP contribution in [0.3, 0.4) is 0 Å². The monoisotopic (exact) mass is 385 g/mol. The Morgan fingerprint density at radius 1 is 1.70 bits per heavy atom. The van der Waals surface area contributed by atoms with Crippen LogP contribution in [0.2, 0.25) is 0 Å². The van der Waals surface area contributed by atoms with Crippen LogP contribution in [0.1, 0.15) is 13.3 Å². The van der Waals surface area contributed by atoms with Gasteiger partial charge < -0.3 is 0 Å². The number of thiol groups is 1. The summed E-state index contributed by atoms with van der Waals surface area (Å²) in [6.45, 7) is 1.87. The second kappa shape index (κ2) is 6.01. The number of Topliss-reactive ketones (excluding diaryl/α,β-unsaturated/α-hetero) is 1. The van der Waals surface area contributed by atoms with Crippen molar-refractivity contribution < 1.29 is 4.79 Å². The average Bonchev–Trinajstić information content (AvgIpc) is 1.88. The molecule has 0 heterocycles. The molecule has 0 rings (SSSR count). The minimum atomic E-state index is -0.0328. The smallest absolute Gasteiger partial charge is 0.152 e. The van der Waals surface area contributed by atoms with Crippen molar-refractivity contribution in [1.29, 1.82) is 0 Å². The van der Waals surface area contributed by atoms with Gasteiger partial charge in [0.25, 0.3) is 0 Å². The summed E-state index contributed by atoms with van der Waals surface area (Å²) in [5.74, 6) is 0.845. The molecule has 0 aliphatic rings. The van der Waals surface area contributed by atoms with Gasteiger partial charge in [-0.15, -0.1) is 0 Å². The Morgan fingerprint density at radius 3 is 2.30 bits per heavy atom. The highest BCUT2D eigenvalue weighted by Crippen LogP contribution is 2.16. The number of nitrogens with zero attached hydrogens (tertiary/aromatic N) is 1. The van der Waals surface area contributed by atoms with Crippen LogP contribution in [-0.2, 0) is 4.79 Å². The molecule has 0 bridgehead atoms. The Balaban J connectivity index is 3.93. The van der Waals surface area contributed by atoms with Gasteiger partial charge in [0, 0.05) is 57.9 Å². The van der Waals surface area contributed by atoms with Crippen LogP contribution in [0, 0.1) is 0 Å². The van der Waals surface area contributed by atoms with Gasteiger partial charge in [0.2, 0.25) is 0 Å². The molecule has 0 aromatic carbocycles. The van der Waals surface area contributed by atoms with Crippen LogP contribution >= 0.6 is 58.4 Å². The summed E-state index contributed by atoms with van der Waals surface area (Å²) in [7, 11) is 0. The van der Waals surface area contributed by atoms with Crippen LogP contribution in [0.15, 0.2) is 0 Å². The number of carbonyl (C=O) groups is 1. The van der Waals surface area contributed by atoms with Crippen LogP contribution in [0.25, 0.3) is 0 Å². The molecule has 0 spiro atoms. The topological polar surface area (TPSA) is 20.3 Å². The molecule has 2 nitrogen and oxygen atoms in total. The van der Waals surface area contributed by atoms with Gasteiger partial charge in [0.15, 0.2) is 5.78 Å². The Kier molecular flexibility index (Phi) is 6.88. The first-order chi connectivity index (χ1) is 4.63. The Morgan fingerprint density at radius 2 is 2.20 bits per heavy atom. The quantitative estimate of drug-likeness (QED) is 0.456. The van der Waals surface area contributed by atoms with Crippen molar-refractivity contribution in [2.24, 2.45) is 0 Å². The molecule has 0 N–H and O–H groups in total. The molecular formula is C5H9I2NOS. The van der Waals surface area contributed by atoms with E-state index in [4.69, 9.17) is 0 Å². The predicted octanol–water partition coefficient (Wildman–Crippen LogP) is 2.27. The van der Waals surface area contributed by atoms with E-state index in [1.54, 1.807) is 0 Å². The molecular weight excluding hydrogens is 376 g/mol. The van der Waals surface area contributed by atoms with E-state index in [1.165, 1.54) is 0 Å². The first-order valence-electron chi connectivity index (χ1n) is 2.87. The molecule has 0 amide bonds. The standard InChI is InChI=1S/C5H9I2NOS/c1-2-5(9)4(3-10)8(6)7/h4,10H,2-3H2,1H3/t4-/m0/s1. The predicted molar refractivity (Wildman–Crippen MR) is 62.8 cm³/mol. The summed E-state index contributed by atoms with van der Waals surface area (Å²) >= 11 is 8.26. The summed E-state index contributed by atoms with van der Waals surface area (Å²) in [4.78, 5) is 11.1. The first-order valence-corrected chi connectivity index (χ1v) is 5.44. The molecule has 0 fully saturated rings. The van der Waals surface area contributed by atoms with E-state index >= 15 is 0 Å². The van der Waals surface area contributed by atoms with Crippen molar-refractivity contribution in [3.8, 4) is 0 Å². The SMILES string of the molecule is CCC(=O)[C@H](CS)N(I)I. The van der Waals surface area contributed by atoms with E-state index in [0.717, 1.165) is 0 Å². The highest BCUT2D eigenvalue weighted by molar-refractivity contribution is 14.2. The molecule has 0 aromatic rings. The molecule has 60 valence electrons. The van der Waals surface area contributed by atoms with Crippen LogP contribution in [0.5, 0.6) is 0 Å². The van der Waals surface area contributed by atoms with Crippen LogP contribution in [0.4, 0.5) is 0 Å². The number of hydrogen-bond donors (Lipinski definition) is 1. The lowest BCUT2D eigenvalue weighted by molar-refractivity contribution is -0.120. The summed E-state index contributed by atoms with van der Waals surface area (Å²) in [6.07, 6.45) is 0.591. The fraction of sp³-hybridized carbons (Fsp3) is 0.800. The van der Waals surface area contributed by atoms with Crippen LogP contribution < -0.4 is 0 Å². The zero-order valence-corrected chi connectivity index (χ0v) is 10.8. The fourth-order valence-electron chi connectivity index (χ4n) is 0.508. The van der Waals surface area contributed by atoms with Gasteiger partial charge in [0.05, 0.1) is 6.04 Å². The lowest BCUT2D eigenvalue weighted by Gasteiger charge is -2.15. The highest BCUT2D eigenvalue weighted by atomic mass is 127. The zero-order chi connectivity index (χ0) is 8.15. The molecule has 0 aromatic heterocycles. The Hall–Kier alpha value is 1.44. The number of rotatable bonds is 4. The first kappa shape index (κ1) is 11.4. The van der Waals surface area contributed by atoms with E-state index in [0.29, 0.717) is 12.2 Å². The minimum absolute atomic E-state index is 0.0328. The van der Waals surface area contributed by atoms with E-state index in [9.17, 15) is 4.79 Å². The van der Waals surface area contributed by atoms with E-state index in [1.807, 2.05) is 8.25 Å². The van der Waals surface area contributed by atoms with Crippen LogP contribution in [-0.4, -0.2) is 18.9 Å². The fourth-order valence-corrected chi connectivity index (χ4v) is 2.51. The van der Waals surface area contributed by atoms with Gasteiger partial charge in [-0.05, 0) is 0 Å². The van der Waals surface area contributed by atoms with Gasteiger partial charge in [-0.25, -0.2) is 0 Å². The average molecular weight is 385 g/mol.